The van der Waals surface area contributed by atoms with Crippen molar-refractivity contribution < 1.29 is 4.79 Å². The molecule has 0 aromatic heterocycles. The monoisotopic (exact) mass is 231 g/mol. The van der Waals surface area contributed by atoms with Crippen molar-refractivity contribution in [2.45, 2.75) is 51.4 Å². The van der Waals surface area contributed by atoms with E-state index in [4.69, 9.17) is 0 Å². The van der Waals surface area contributed by atoms with Crippen molar-refractivity contribution in [2.75, 3.05) is 5.32 Å². The summed E-state index contributed by atoms with van der Waals surface area (Å²) in [6.07, 6.45) is 3.15. The van der Waals surface area contributed by atoms with Crippen LogP contribution in [0.5, 0.6) is 0 Å². The summed E-state index contributed by atoms with van der Waals surface area (Å²) in [6.45, 7) is 9.17. The molecule has 1 aromatic carbocycles. The van der Waals surface area contributed by atoms with E-state index in [1.54, 1.807) is 0 Å². The Kier molecular flexibility index (Phi) is 2.76. The summed E-state index contributed by atoms with van der Waals surface area (Å²) >= 11 is 0. The molecule has 1 aliphatic carbocycles. The summed E-state index contributed by atoms with van der Waals surface area (Å²) in [7, 11) is 0. The third-order valence-corrected chi connectivity index (χ3v) is 4.08. The minimum Gasteiger partial charge on any atom is -0.329 e. The van der Waals surface area contributed by atoms with Gasteiger partial charge in [0.05, 0.1) is 0 Å². The average molecular weight is 231 g/mol. The Labute approximate surface area is 103 Å². The van der Waals surface area contributed by atoms with E-state index in [0.717, 1.165) is 12.1 Å². The van der Waals surface area contributed by atoms with Crippen LogP contribution in [0, 0.1) is 0 Å². The van der Waals surface area contributed by atoms with Gasteiger partial charge in [-0.1, -0.05) is 33.8 Å². The predicted molar refractivity (Wildman–Crippen MR) is 71.4 cm³/mol. The Morgan fingerprint density at radius 1 is 1.06 bits per heavy atom. The molecule has 1 amide bonds. The van der Waals surface area contributed by atoms with E-state index in [2.05, 4.69) is 45.1 Å². The van der Waals surface area contributed by atoms with E-state index < -0.39 is 0 Å². The second-order valence-electron chi connectivity index (χ2n) is 6.29. The number of anilines is 1. The summed E-state index contributed by atoms with van der Waals surface area (Å²) in [6, 6.07) is 6.29. The van der Waals surface area contributed by atoms with E-state index in [1.165, 1.54) is 24.0 Å². The molecular formula is C15H21NO. The number of benzene rings is 1. The molecule has 1 N–H and O–H groups in total. The fraction of sp³-hybridized carbons (Fsp3) is 0.533. The molecule has 0 unspecified atom stereocenters. The summed E-state index contributed by atoms with van der Waals surface area (Å²) in [5.74, 6) is 0. The maximum Gasteiger partial charge on any atom is 0.211 e. The fourth-order valence-corrected chi connectivity index (χ4v) is 2.75. The molecule has 2 nitrogen and oxygen atoms in total. The third-order valence-electron chi connectivity index (χ3n) is 4.08. The van der Waals surface area contributed by atoms with Gasteiger partial charge in [0, 0.05) is 5.69 Å². The molecule has 0 saturated heterocycles. The Morgan fingerprint density at radius 3 is 2.24 bits per heavy atom. The molecule has 0 aliphatic heterocycles. The topological polar surface area (TPSA) is 29.1 Å². The Balaban J connectivity index is 2.55. The van der Waals surface area contributed by atoms with E-state index in [-0.39, 0.29) is 10.8 Å². The summed E-state index contributed by atoms with van der Waals surface area (Å²) < 4.78 is 0. The first-order chi connectivity index (χ1) is 7.87. The van der Waals surface area contributed by atoms with Crippen molar-refractivity contribution in [1.82, 2.24) is 0 Å². The van der Waals surface area contributed by atoms with Crippen molar-refractivity contribution in [2.24, 2.45) is 0 Å². The molecule has 0 heterocycles. The average Bonchev–Trinajstić information content (AvgIpc) is 2.26. The lowest BCUT2D eigenvalue weighted by atomic mass is 9.63. The molecule has 0 radical (unpaired) electrons. The summed E-state index contributed by atoms with van der Waals surface area (Å²) in [5.41, 5.74) is 4.13. The second-order valence-corrected chi connectivity index (χ2v) is 6.29. The van der Waals surface area contributed by atoms with Crippen LogP contribution in [0.4, 0.5) is 5.69 Å². The lowest BCUT2D eigenvalue weighted by molar-refractivity contribution is -0.105. The summed E-state index contributed by atoms with van der Waals surface area (Å²) in [4.78, 5) is 10.5. The van der Waals surface area contributed by atoms with E-state index >= 15 is 0 Å². The van der Waals surface area contributed by atoms with Crippen LogP contribution < -0.4 is 5.32 Å². The molecule has 2 heteroatoms. The highest BCUT2D eigenvalue weighted by molar-refractivity contribution is 5.72. The van der Waals surface area contributed by atoms with Crippen molar-refractivity contribution in [3.63, 3.8) is 0 Å². The van der Waals surface area contributed by atoms with Crippen LogP contribution in [0.25, 0.3) is 0 Å². The summed E-state index contributed by atoms with van der Waals surface area (Å²) in [5, 5.41) is 2.74. The SMILES string of the molecule is CC1(C)CCC(C)(C)c2cc(NC=O)ccc21. The standard InChI is InChI=1S/C15H21NO/c1-14(2)7-8-15(3,4)13-9-11(16-10-17)5-6-12(13)14/h5-6,9-10H,7-8H2,1-4H3,(H,16,17). The van der Waals surface area contributed by atoms with Crippen LogP contribution in [-0.2, 0) is 15.6 Å². The number of hydrogen-bond donors (Lipinski definition) is 1. The zero-order chi connectivity index (χ0) is 12.7. The maximum absolute atomic E-state index is 10.5. The normalized spacial score (nSPS) is 20.5. The number of carbonyl (C=O) groups is 1. The minimum atomic E-state index is 0.200. The molecule has 92 valence electrons. The van der Waals surface area contributed by atoms with Gasteiger partial charge in [0.2, 0.25) is 6.41 Å². The highest BCUT2D eigenvalue weighted by Crippen LogP contribution is 2.46. The minimum absolute atomic E-state index is 0.200. The van der Waals surface area contributed by atoms with Gasteiger partial charge < -0.3 is 5.32 Å². The van der Waals surface area contributed by atoms with Crippen LogP contribution >= 0.6 is 0 Å². The molecule has 1 aliphatic rings. The molecule has 0 atom stereocenters. The number of carbonyl (C=O) groups excluding carboxylic acids is 1. The number of nitrogens with one attached hydrogen (secondary N) is 1. The van der Waals surface area contributed by atoms with Gasteiger partial charge >= 0.3 is 0 Å². The van der Waals surface area contributed by atoms with Crippen LogP contribution in [0.1, 0.15) is 51.7 Å². The molecule has 0 fully saturated rings. The van der Waals surface area contributed by atoms with Gasteiger partial charge in [-0.15, -0.1) is 0 Å². The lowest BCUT2D eigenvalue weighted by Gasteiger charge is -2.42. The van der Waals surface area contributed by atoms with Crippen LogP contribution in [-0.4, -0.2) is 6.41 Å². The quantitative estimate of drug-likeness (QED) is 0.774. The van der Waals surface area contributed by atoms with Crippen molar-refractivity contribution in [3.8, 4) is 0 Å². The molecular weight excluding hydrogens is 210 g/mol. The zero-order valence-corrected chi connectivity index (χ0v) is 11.1. The van der Waals surface area contributed by atoms with Crippen LogP contribution in [0.2, 0.25) is 0 Å². The fourth-order valence-electron chi connectivity index (χ4n) is 2.75. The molecule has 1 aromatic rings. The molecule has 17 heavy (non-hydrogen) atoms. The van der Waals surface area contributed by atoms with E-state index in [0.29, 0.717) is 0 Å². The van der Waals surface area contributed by atoms with Crippen molar-refractivity contribution in [1.29, 1.82) is 0 Å². The Hall–Kier alpha value is -1.31. The molecule has 0 bridgehead atoms. The zero-order valence-electron chi connectivity index (χ0n) is 11.1. The van der Waals surface area contributed by atoms with Gasteiger partial charge in [-0.25, -0.2) is 0 Å². The highest BCUT2D eigenvalue weighted by Gasteiger charge is 2.36. The number of amides is 1. The first-order valence-electron chi connectivity index (χ1n) is 6.22. The Bertz CT molecular complexity index is 446. The number of hydrogen-bond acceptors (Lipinski definition) is 1. The number of fused-ring (bicyclic) bond motifs is 1. The first kappa shape index (κ1) is 12.2. The first-order valence-corrected chi connectivity index (χ1v) is 6.22. The van der Waals surface area contributed by atoms with Gasteiger partial charge in [0.25, 0.3) is 0 Å². The van der Waals surface area contributed by atoms with Gasteiger partial charge in [-0.3, -0.25) is 4.79 Å². The van der Waals surface area contributed by atoms with Crippen molar-refractivity contribution >= 4 is 12.1 Å². The van der Waals surface area contributed by atoms with Crippen LogP contribution in [0.15, 0.2) is 18.2 Å². The smallest absolute Gasteiger partial charge is 0.211 e. The van der Waals surface area contributed by atoms with Gasteiger partial charge in [0.1, 0.15) is 0 Å². The third kappa shape index (κ3) is 2.08. The largest absolute Gasteiger partial charge is 0.329 e. The van der Waals surface area contributed by atoms with Gasteiger partial charge in [-0.05, 0) is 46.9 Å². The number of rotatable bonds is 2. The maximum atomic E-state index is 10.5. The molecule has 0 spiro atoms. The van der Waals surface area contributed by atoms with Gasteiger partial charge in [0.15, 0.2) is 0 Å². The van der Waals surface area contributed by atoms with E-state index in [9.17, 15) is 4.79 Å². The lowest BCUT2D eigenvalue weighted by Crippen LogP contribution is -2.33. The molecule has 2 rings (SSSR count). The van der Waals surface area contributed by atoms with E-state index in [1.807, 2.05) is 6.07 Å². The predicted octanol–water partition coefficient (Wildman–Crippen LogP) is 3.60. The van der Waals surface area contributed by atoms with Crippen molar-refractivity contribution in [3.05, 3.63) is 29.3 Å². The highest BCUT2D eigenvalue weighted by atomic mass is 16.1. The second kappa shape index (κ2) is 3.86. The Morgan fingerprint density at radius 2 is 1.65 bits per heavy atom. The van der Waals surface area contributed by atoms with Gasteiger partial charge in [-0.2, -0.15) is 0 Å². The van der Waals surface area contributed by atoms with Crippen LogP contribution in [0.3, 0.4) is 0 Å². The molecule has 0 saturated carbocycles.